The van der Waals surface area contributed by atoms with Crippen molar-refractivity contribution in [2.45, 2.75) is 50.4 Å². The highest BCUT2D eigenvalue weighted by Crippen LogP contribution is 2.47. The first-order valence-electron chi connectivity index (χ1n) is 7.87. The van der Waals surface area contributed by atoms with Gasteiger partial charge < -0.3 is 4.74 Å². The lowest BCUT2D eigenvalue weighted by Crippen LogP contribution is -2.60. The van der Waals surface area contributed by atoms with Crippen LogP contribution in [0.25, 0.3) is 0 Å². The van der Waals surface area contributed by atoms with Gasteiger partial charge in [-0.25, -0.2) is 9.52 Å². The number of halogens is 7. The predicted molar refractivity (Wildman–Crippen MR) is 101 cm³/mol. The minimum Gasteiger partial charge on any atom is -0.456 e. The molecule has 170 valence electrons. The van der Waals surface area contributed by atoms with E-state index in [0.717, 1.165) is 18.2 Å². The third-order valence-corrected chi connectivity index (χ3v) is 5.61. The van der Waals surface area contributed by atoms with Gasteiger partial charge in [0, 0.05) is 10.5 Å². The molecule has 0 aliphatic rings. The molecule has 1 aromatic carbocycles. The fraction of sp³-hybridized carbons (Fsp3) is 0.500. The number of ether oxygens (including phenoxy) is 1. The minimum absolute atomic E-state index is 0.0729. The van der Waals surface area contributed by atoms with Crippen molar-refractivity contribution < 1.29 is 49.1 Å². The normalized spacial score (nSPS) is 13.7. The standard InChI is InChI=1S/C16H16F6INO5S/c1-13(2,3)29-12(26)8-5-6-9(10(23)7-8)11(25)24-30(27,28)16(21,22)15(19,20)14(4,17)18/h5-7H,1-4H3,(H,24,25). The van der Waals surface area contributed by atoms with Crippen molar-refractivity contribution in [2.75, 3.05) is 0 Å². The van der Waals surface area contributed by atoms with Crippen molar-refractivity contribution in [3.63, 3.8) is 0 Å². The molecule has 1 N–H and O–H groups in total. The Hall–Kier alpha value is -1.58. The number of nitrogens with one attached hydrogen (secondary N) is 1. The molecule has 0 spiro atoms. The molecule has 14 heteroatoms. The molecular formula is C16H16F6INO5S. The maximum Gasteiger partial charge on any atom is 0.431 e. The van der Waals surface area contributed by atoms with E-state index in [1.54, 1.807) is 20.8 Å². The molecule has 1 rings (SSSR count). The molecule has 0 bridgehead atoms. The number of benzene rings is 1. The molecule has 0 fully saturated rings. The van der Waals surface area contributed by atoms with Crippen LogP contribution in [0.4, 0.5) is 26.3 Å². The average molecular weight is 575 g/mol. The van der Waals surface area contributed by atoms with Gasteiger partial charge in [-0.3, -0.25) is 4.79 Å². The zero-order chi connectivity index (χ0) is 23.9. The van der Waals surface area contributed by atoms with Gasteiger partial charge in [0.05, 0.1) is 11.1 Å². The van der Waals surface area contributed by atoms with Crippen LogP contribution in [-0.4, -0.2) is 43.0 Å². The van der Waals surface area contributed by atoms with Crippen LogP contribution in [0.5, 0.6) is 0 Å². The molecule has 0 radical (unpaired) electrons. The van der Waals surface area contributed by atoms with E-state index in [9.17, 15) is 44.3 Å². The summed E-state index contributed by atoms with van der Waals surface area (Å²) in [6, 6.07) is 2.92. The number of alkyl halides is 6. The lowest BCUT2D eigenvalue weighted by molar-refractivity contribution is -0.271. The maximum absolute atomic E-state index is 13.7. The molecule has 0 atom stereocenters. The van der Waals surface area contributed by atoms with Crippen LogP contribution in [0.1, 0.15) is 48.4 Å². The number of rotatable bonds is 6. The lowest BCUT2D eigenvalue weighted by Gasteiger charge is -2.30. The Morgan fingerprint density at radius 2 is 1.50 bits per heavy atom. The summed E-state index contributed by atoms with van der Waals surface area (Å²) < 4.78 is 109. The Morgan fingerprint density at radius 1 is 1.00 bits per heavy atom. The van der Waals surface area contributed by atoms with E-state index in [2.05, 4.69) is 0 Å². The van der Waals surface area contributed by atoms with Crippen LogP contribution in [0, 0.1) is 3.57 Å². The van der Waals surface area contributed by atoms with Gasteiger partial charge in [0.2, 0.25) is 0 Å². The molecule has 0 aliphatic carbocycles. The third-order valence-electron chi connectivity index (χ3n) is 3.33. The summed E-state index contributed by atoms with van der Waals surface area (Å²) in [4.78, 5) is 24.0. The van der Waals surface area contributed by atoms with Gasteiger partial charge in [-0.05, 0) is 61.6 Å². The van der Waals surface area contributed by atoms with Gasteiger partial charge in [-0.1, -0.05) is 0 Å². The van der Waals surface area contributed by atoms with Gasteiger partial charge in [-0.2, -0.15) is 34.8 Å². The van der Waals surface area contributed by atoms with Gasteiger partial charge in [-0.15, -0.1) is 0 Å². The first-order valence-corrected chi connectivity index (χ1v) is 10.4. The van der Waals surface area contributed by atoms with Crippen molar-refractivity contribution in [1.29, 1.82) is 0 Å². The molecule has 0 saturated carbocycles. The molecule has 0 aliphatic heterocycles. The summed E-state index contributed by atoms with van der Waals surface area (Å²) in [5.41, 5.74) is -1.52. The number of hydrogen-bond acceptors (Lipinski definition) is 5. The molecule has 6 nitrogen and oxygen atoms in total. The second-order valence-electron chi connectivity index (χ2n) is 7.11. The van der Waals surface area contributed by atoms with E-state index in [1.807, 2.05) is 0 Å². The lowest BCUT2D eigenvalue weighted by atomic mass is 10.1. The zero-order valence-corrected chi connectivity index (χ0v) is 18.8. The van der Waals surface area contributed by atoms with Crippen LogP contribution in [0.15, 0.2) is 18.2 Å². The van der Waals surface area contributed by atoms with Crippen LogP contribution in [0.2, 0.25) is 0 Å². The number of sulfonamides is 1. The Bertz CT molecular complexity index is 954. The van der Waals surface area contributed by atoms with Crippen molar-refractivity contribution in [1.82, 2.24) is 4.72 Å². The molecule has 0 heterocycles. The molecule has 0 aromatic heterocycles. The monoisotopic (exact) mass is 575 g/mol. The fourth-order valence-corrected chi connectivity index (χ4v) is 3.59. The quantitative estimate of drug-likeness (QED) is 0.313. The first-order chi connectivity index (χ1) is 13.1. The Kier molecular flexibility index (Phi) is 7.20. The van der Waals surface area contributed by atoms with Crippen LogP contribution < -0.4 is 4.72 Å². The van der Waals surface area contributed by atoms with Crippen LogP contribution in [-0.2, 0) is 14.8 Å². The Morgan fingerprint density at radius 3 is 1.90 bits per heavy atom. The number of carbonyl (C=O) groups excluding carboxylic acids is 2. The summed E-state index contributed by atoms with van der Waals surface area (Å²) in [5, 5.41) is -6.31. The fourth-order valence-electron chi connectivity index (χ4n) is 1.83. The number of hydrogen-bond donors (Lipinski definition) is 1. The topological polar surface area (TPSA) is 89.5 Å². The summed E-state index contributed by atoms with van der Waals surface area (Å²) in [6.07, 6.45) is 0. The highest BCUT2D eigenvalue weighted by Gasteiger charge is 2.76. The summed E-state index contributed by atoms with van der Waals surface area (Å²) in [5.74, 6) is -14.3. The molecule has 1 aromatic rings. The SMILES string of the molecule is CC(C)(C)OC(=O)c1ccc(C(=O)NS(=O)(=O)C(F)(F)C(F)(F)C(C)(F)F)c(I)c1. The van der Waals surface area contributed by atoms with Crippen molar-refractivity contribution in [2.24, 2.45) is 0 Å². The summed E-state index contributed by atoms with van der Waals surface area (Å²) in [6.45, 7) is 4.16. The zero-order valence-electron chi connectivity index (χ0n) is 15.8. The minimum atomic E-state index is -6.57. The van der Waals surface area contributed by atoms with Crippen LogP contribution in [0.3, 0.4) is 0 Å². The van der Waals surface area contributed by atoms with Crippen molar-refractivity contribution in [3.05, 3.63) is 32.9 Å². The Labute approximate surface area is 181 Å². The van der Waals surface area contributed by atoms with Crippen LogP contribution >= 0.6 is 22.6 Å². The molecule has 1 amide bonds. The van der Waals surface area contributed by atoms with Gasteiger partial charge in [0.15, 0.2) is 0 Å². The second kappa shape index (κ2) is 8.16. The average Bonchev–Trinajstić information content (AvgIpc) is 2.50. The van der Waals surface area contributed by atoms with E-state index in [-0.39, 0.29) is 9.13 Å². The summed E-state index contributed by atoms with van der Waals surface area (Å²) >= 11 is 1.45. The highest BCUT2D eigenvalue weighted by molar-refractivity contribution is 14.1. The number of amides is 1. The predicted octanol–water partition coefficient (Wildman–Crippen LogP) is 4.19. The van der Waals surface area contributed by atoms with Crippen molar-refractivity contribution in [3.8, 4) is 0 Å². The highest BCUT2D eigenvalue weighted by atomic mass is 127. The Balaban J connectivity index is 3.20. The molecule has 30 heavy (non-hydrogen) atoms. The molecule has 0 saturated heterocycles. The van der Waals surface area contributed by atoms with E-state index in [1.165, 1.54) is 22.6 Å². The van der Waals surface area contributed by atoms with Gasteiger partial charge in [0.1, 0.15) is 5.60 Å². The number of carbonyl (C=O) groups is 2. The third kappa shape index (κ3) is 5.36. The van der Waals surface area contributed by atoms with E-state index in [0.29, 0.717) is 4.72 Å². The van der Waals surface area contributed by atoms with E-state index < -0.39 is 57.1 Å². The summed E-state index contributed by atoms with van der Waals surface area (Å²) in [7, 11) is -6.57. The number of esters is 1. The molecule has 0 unspecified atom stereocenters. The second-order valence-corrected chi connectivity index (χ2v) is 10.00. The molecular weight excluding hydrogens is 559 g/mol. The van der Waals surface area contributed by atoms with Gasteiger partial charge >= 0.3 is 33.1 Å². The first kappa shape index (κ1) is 26.5. The van der Waals surface area contributed by atoms with Gasteiger partial charge in [0.25, 0.3) is 5.91 Å². The maximum atomic E-state index is 13.7. The largest absolute Gasteiger partial charge is 0.456 e. The van der Waals surface area contributed by atoms with Crippen molar-refractivity contribution >= 4 is 44.5 Å². The van der Waals surface area contributed by atoms with E-state index in [4.69, 9.17) is 4.74 Å². The van der Waals surface area contributed by atoms with E-state index >= 15 is 0 Å². The smallest absolute Gasteiger partial charge is 0.431 e.